The van der Waals surface area contributed by atoms with Gasteiger partial charge in [0.1, 0.15) is 5.82 Å². The molecule has 0 spiro atoms. The van der Waals surface area contributed by atoms with Crippen molar-refractivity contribution < 1.29 is 9.18 Å². The number of nitrogens with one attached hydrogen (secondary N) is 1. The molecule has 1 aliphatic heterocycles. The van der Waals surface area contributed by atoms with Crippen molar-refractivity contribution >= 4 is 11.6 Å². The molecule has 150 valence electrons. The molecule has 1 aliphatic rings. The minimum absolute atomic E-state index is 0.0571. The number of piperazine rings is 1. The minimum Gasteiger partial charge on any atom is -0.369 e. The number of carbonyl (C=O) groups excluding carboxylic acids is 1. The van der Waals surface area contributed by atoms with E-state index in [1.54, 1.807) is 0 Å². The zero-order valence-electron chi connectivity index (χ0n) is 16.8. The van der Waals surface area contributed by atoms with E-state index in [4.69, 9.17) is 0 Å². The van der Waals surface area contributed by atoms with Crippen LogP contribution in [0.5, 0.6) is 0 Å². The van der Waals surface area contributed by atoms with Crippen LogP contribution in [0.15, 0.2) is 54.6 Å². The molecule has 0 aromatic heterocycles. The predicted octanol–water partition coefficient (Wildman–Crippen LogP) is 3.99. The first-order valence-electron chi connectivity index (χ1n) is 10.2. The van der Waals surface area contributed by atoms with Crippen molar-refractivity contribution in [3.63, 3.8) is 0 Å². The predicted molar refractivity (Wildman–Crippen MR) is 112 cm³/mol. The topological polar surface area (TPSA) is 35.6 Å². The van der Waals surface area contributed by atoms with Crippen LogP contribution in [-0.2, 0) is 4.79 Å². The number of nitrogens with zero attached hydrogens (tertiary/aromatic N) is 2. The van der Waals surface area contributed by atoms with Crippen molar-refractivity contribution in [3.8, 4) is 0 Å². The quantitative estimate of drug-likeness (QED) is 0.785. The van der Waals surface area contributed by atoms with E-state index in [2.05, 4.69) is 34.2 Å². The summed E-state index contributed by atoms with van der Waals surface area (Å²) in [5.74, 6) is -0.134. The van der Waals surface area contributed by atoms with Crippen LogP contribution in [0.25, 0.3) is 0 Å². The van der Waals surface area contributed by atoms with E-state index in [1.165, 1.54) is 12.1 Å². The van der Waals surface area contributed by atoms with Gasteiger partial charge in [0, 0.05) is 31.9 Å². The van der Waals surface area contributed by atoms with Gasteiger partial charge in [0.05, 0.1) is 12.1 Å². The summed E-state index contributed by atoms with van der Waals surface area (Å²) in [6.07, 6.45) is 1.95. The van der Waals surface area contributed by atoms with Crippen molar-refractivity contribution in [2.24, 2.45) is 0 Å². The second kappa shape index (κ2) is 9.69. The van der Waals surface area contributed by atoms with Gasteiger partial charge in [-0.3, -0.25) is 9.69 Å². The average molecular weight is 384 g/mol. The Bertz CT molecular complexity index is 742. The summed E-state index contributed by atoms with van der Waals surface area (Å²) in [6, 6.07) is 16.7. The van der Waals surface area contributed by atoms with E-state index < -0.39 is 0 Å². The Morgan fingerprint density at radius 1 is 1.04 bits per heavy atom. The number of rotatable bonds is 7. The molecule has 1 N–H and O–H groups in total. The third-order valence-electron chi connectivity index (χ3n) is 5.53. The Kier molecular flexibility index (Phi) is 7.04. The first kappa shape index (κ1) is 20.3. The van der Waals surface area contributed by atoms with Crippen molar-refractivity contribution in [2.75, 3.05) is 31.1 Å². The van der Waals surface area contributed by atoms with E-state index in [9.17, 15) is 9.18 Å². The second-order valence-corrected chi connectivity index (χ2v) is 7.44. The third-order valence-corrected chi connectivity index (χ3v) is 5.53. The van der Waals surface area contributed by atoms with Crippen LogP contribution in [0.3, 0.4) is 0 Å². The van der Waals surface area contributed by atoms with E-state index in [-0.39, 0.29) is 23.8 Å². The Balaban J connectivity index is 1.55. The summed E-state index contributed by atoms with van der Waals surface area (Å²) < 4.78 is 13.1. The maximum absolute atomic E-state index is 13.1. The summed E-state index contributed by atoms with van der Waals surface area (Å²) in [4.78, 5) is 17.3. The van der Waals surface area contributed by atoms with Gasteiger partial charge >= 0.3 is 0 Å². The summed E-state index contributed by atoms with van der Waals surface area (Å²) in [6.45, 7) is 7.42. The SMILES string of the molecule is CCC[C@H](NC(=O)[C@H](C)N1CCN(c2ccc(F)cc2)CC1)c1ccccc1. The first-order chi connectivity index (χ1) is 13.6. The molecule has 2 aromatic rings. The van der Waals surface area contributed by atoms with Gasteiger partial charge in [0.25, 0.3) is 0 Å². The van der Waals surface area contributed by atoms with Crippen LogP contribution in [0.4, 0.5) is 10.1 Å². The molecule has 0 aliphatic carbocycles. The molecule has 3 rings (SSSR count). The van der Waals surface area contributed by atoms with Crippen molar-refractivity contribution in [3.05, 3.63) is 66.0 Å². The third kappa shape index (κ3) is 5.10. The highest BCUT2D eigenvalue weighted by atomic mass is 19.1. The van der Waals surface area contributed by atoms with Crippen molar-refractivity contribution in [2.45, 2.75) is 38.8 Å². The number of carbonyl (C=O) groups is 1. The maximum atomic E-state index is 13.1. The molecule has 1 amide bonds. The first-order valence-corrected chi connectivity index (χ1v) is 10.2. The van der Waals surface area contributed by atoms with Gasteiger partial charge in [-0.05, 0) is 43.2 Å². The van der Waals surface area contributed by atoms with Gasteiger partial charge in [0.15, 0.2) is 0 Å². The molecule has 1 saturated heterocycles. The van der Waals surface area contributed by atoms with Crippen LogP contribution in [0.1, 0.15) is 38.3 Å². The highest BCUT2D eigenvalue weighted by Crippen LogP contribution is 2.20. The monoisotopic (exact) mass is 383 g/mol. The van der Waals surface area contributed by atoms with E-state index in [0.29, 0.717) is 0 Å². The van der Waals surface area contributed by atoms with Crippen molar-refractivity contribution in [1.82, 2.24) is 10.2 Å². The number of halogens is 1. The second-order valence-electron chi connectivity index (χ2n) is 7.44. The molecular weight excluding hydrogens is 353 g/mol. The lowest BCUT2D eigenvalue weighted by molar-refractivity contribution is -0.126. The summed E-state index contributed by atoms with van der Waals surface area (Å²) >= 11 is 0. The number of hydrogen-bond donors (Lipinski definition) is 1. The molecule has 0 saturated carbocycles. The molecule has 2 aromatic carbocycles. The number of benzene rings is 2. The Morgan fingerprint density at radius 3 is 2.29 bits per heavy atom. The molecule has 0 radical (unpaired) electrons. The van der Waals surface area contributed by atoms with Gasteiger partial charge in [-0.25, -0.2) is 4.39 Å². The smallest absolute Gasteiger partial charge is 0.237 e. The zero-order valence-corrected chi connectivity index (χ0v) is 16.8. The largest absolute Gasteiger partial charge is 0.369 e. The normalized spacial score (nSPS) is 17.2. The molecule has 1 heterocycles. The molecule has 28 heavy (non-hydrogen) atoms. The molecule has 0 bridgehead atoms. The Morgan fingerprint density at radius 2 is 1.68 bits per heavy atom. The van der Waals surface area contributed by atoms with Gasteiger partial charge in [-0.15, -0.1) is 0 Å². The molecule has 5 heteroatoms. The number of anilines is 1. The maximum Gasteiger partial charge on any atom is 0.237 e. The van der Waals surface area contributed by atoms with Crippen LogP contribution in [0, 0.1) is 5.82 Å². The zero-order chi connectivity index (χ0) is 19.9. The lowest BCUT2D eigenvalue weighted by Crippen LogP contribution is -2.54. The van der Waals surface area contributed by atoms with Crippen LogP contribution in [0.2, 0.25) is 0 Å². The van der Waals surface area contributed by atoms with Gasteiger partial charge in [0.2, 0.25) is 5.91 Å². The average Bonchev–Trinajstić information content (AvgIpc) is 2.74. The standard InChI is InChI=1S/C23H30FN3O/c1-3-7-22(19-8-5-4-6-9-19)25-23(28)18(2)26-14-16-27(17-15-26)21-12-10-20(24)11-13-21/h4-6,8-13,18,22H,3,7,14-17H2,1-2H3,(H,25,28)/t18-,22-/m0/s1. The fourth-order valence-electron chi connectivity index (χ4n) is 3.77. The Labute approximate surface area is 167 Å². The highest BCUT2D eigenvalue weighted by molar-refractivity contribution is 5.81. The number of hydrogen-bond acceptors (Lipinski definition) is 3. The van der Waals surface area contributed by atoms with Crippen LogP contribution < -0.4 is 10.2 Å². The lowest BCUT2D eigenvalue weighted by Gasteiger charge is -2.39. The van der Waals surface area contributed by atoms with E-state index >= 15 is 0 Å². The lowest BCUT2D eigenvalue weighted by atomic mass is 10.0. The highest BCUT2D eigenvalue weighted by Gasteiger charge is 2.27. The van der Waals surface area contributed by atoms with Gasteiger partial charge in [-0.1, -0.05) is 43.7 Å². The van der Waals surface area contributed by atoms with Gasteiger partial charge in [-0.2, -0.15) is 0 Å². The van der Waals surface area contributed by atoms with Crippen molar-refractivity contribution in [1.29, 1.82) is 0 Å². The molecular formula is C23H30FN3O. The van der Waals surface area contributed by atoms with E-state index in [0.717, 1.165) is 50.3 Å². The fourth-order valence-corrected chi connectivity index (χ4v) is 3.77. The summed E-state index contributed by atoms with van der Waals surface area (Å²) in [7, 11) is 0. The summed E-state index contributed by atoms with van der Waals surface area (Å²) in [5.41, 5.74) is 2.19. The summed E-state index contributed by atoms with van der Waals surface area (Å²) in [5, 5.41) is 3.24. The van der Waals surface area contributed by atoms with Crippen LogP contribution in [-0.4, -0.2) is 43.0 Å². The minimum atomic E-state index is -0.215. The number of amides is 1. The molecule has 4 nitrogen and oxygen atoms in total. The molecule has 1 fully saturated rings. The van der Waals surface area contributed by atoms with Crippen LogP contribution >= 0.6 is 0 Å². The van der Waals surface area contributed by atoms with Gasteiger partial charge < -0.3 is 10.2 Å². The fraction of sp³-hybridized carbons (Fsp3) is 0.435. The van der Waals surface area contributed by atoms with E-state index in [1.807, 2.05) is 37.3 Å². The molecule has 2 atom stereocenters. The molecule has 0 unspecified atom stereocenters. The Hall–Kier alpha value is -2.40.